The molecule has 0 spiro atoms. The zero-order chi connectivity index (χ0) is 18.0. The van der Waals surface area contributed by atoms with Crippen molar-refractivity contribution in [2.24, 2.45) is 0 Å². The van der Waals surface area contributed by atoms with Crippen molar-refractivity contribution < 1.29 is 5.11 Å². The molecule has 0 heterocycles. The van der Waals surface area contributed by atoms with Crippen LogP contribution in [0.25, 0.3) is 0 Å². The first kappa shape index (κ1) is 18.4. The largest absolute Gasteiger partial charge is 0.395 e. The molecule has 0 saturated heterocycles. The number of nitrogens with one attached hydrogen (secondary N) is 1. The second-order valence-electron chi connectivity index (χ2n) is 6.69. The highest BCUT2D eigenvalue weighted by molar-refractivity contribution is 5.32. The van der Waals surface area contributed by atoms with Gasteiger partial charge in [0.1, 0.15) is 0 Å². The number of aliphatic hydroxyl groups is 1. The third-order valence-corrected chi connectivity index (χ3v) is 4.82. The fourth-order valence-corrected chi connectivity index (χ4v) is 3.43. The van der Waals surface area contributed by atoms with Crippen LogP contribution in [0.5, 0.6) is 0 Å². The molecule has 0 aliphatic heterocycles. The van der Waals surface area contributed by atoms with E-state index in [9.17, 15) is 5.11 Å². The Labute approximate surface area is 156 Å². The molecule has 3 aromatic rings. The van der Waals surface area contributed by atoms with Crippen LogP contribution >= 0.6 is 0 Å². The SMILES string of the molecule is OCC(Cc1ccccc1)NCCC(c1ccccc1)c1ccccc1. The summed E-state index contributed by atoms with van der Waals surface area (Å²) in [6.07, 6.45) is 1.85. The van der Waals surface area contributed by atoms with Gasteiger partial charge in [0.25, 0.3) is 0 Å². The van der Waals surface area contributed by atoms with E-state index in [1.165, 1.54) is 16.7 Å². The normalized spacial score (nSPS) is 12.2. The van der Waals surface area contributed by atoms with Gasteiger partial charge in [-0.2, -0.15) is 0 Å². The van der Waals surface area contributed by atoms with Gasteiger partial charge in [-0.1, -0.05) is 91.0 Å². The minimum atomic E-state index is 0.0876. The van der Waals surface area contributed by atoms with Gasteiger partial charge in [0, 0.05) is 12.0 Å². The number of benzene rings is 3. The summed E-state index contributed by atoms with van der Waals surface area (Å²) in [5.74, 6) is 0.362. The Kier molecular flexibility index (Phi) is 7.00. The van der Waals surface area contributed by atoms with Crippen molar-refractivity contribution in [3.8, 4) is 0 Å². The molecule has 0 saturated carbocycles. The predicted octanol–water partition coefficient (Wildman–Crippen LogP) is 4.40. The molecule has 3 rings (SSSR count). The van der Waals surface area contributed by atoms with Crippen molar-refractivity contribution >= 4 is 0 Å². The summed E-state index contributed by atoms with van der Waals surface area (Å²) in [6, 6.07) is 31.8. The third kappa shape index (κ3) is 5.29. The molecule has 0 bridgehead atoms. The predicted molar refractivity (Wildman–Crippen MR) is 108 cm³/mol. The summed E-state index contributed by atoms with van der Waals surface area (Å²) in [4.78, 5) is 0. The van der Waals surface area contributed by atoms with Crippen molar-refractivity contribution in [2.75, 3.05) is 13.2 Å². The van der Waals surface area contributed by atoms with E-state index in [0.29, 0.717) is 5.92 Å². The number of rotatable bonds is 9. The Morgan fingerprint density at radius 1 is 0.692 bits per heavy atom. The second kappa shape index (κ2) is 9.91. The van der Waals surface area contributed by atoms with Crippen LogP contribution in [0.2, 0.25) is 0 Å². The molecule has 0 aliphatic rings. The lowest BCUT2D eigenvalue weighted by Gasteiger charge is -2.21. The van der Waals surface area contributed by atoms with E-state index in [4.69, 9.17) is 0 Å². The Morgan fingerprint density at radius 3 is 1.69 bits per heavy atom. The monoisotopic (exact) mass is 345 g/mol. The fraction of sp³-hybridized carbons (Fsp3) is 0.250. The molecule has 1 atom stereocenters. The molecule has 0 aromatic heterocycles. The maximum absolute atomic E-state index is 9.72. The number of hydrogen-bond acceptors (Lipinski definition) is 2. The molecule has 2 N–H and O–H groups in total. The van der Waals surface area contributed by atoms with Gasteiger partial charge in [-0.05, 0) is 36.1 Å². The summed E-state index contributed by atoms with van der Waals surface area (Å²) in [7, 11) is 0. The first-order valence-corrected chi connectivity index (χ1v) is 9.35. The lowest BCUT2D eigenvalue weighted by atomic mass is 9.88. The van der Waals surface area contributed by atoms with Crippen LogP contribution in [0, 0.1) is 0 Å². The van der Waals surface area contributed by atoms with Crippen LogP contribution in [0.15, 0.2) is 91.0 Å². The molecule has 2 heteroatoms. The van der Waals surface area contributed by atoms with Gasteiger partial charge in [-0.15, -0.1) is 0 Å². The third-order valence-electron chi connectivity index (χ3n) is 4.82. The van der Waals surface area contributed by atoms with E-state index in [1.807, 2.05) is 18.2 Å². The molecular formula is C24H27NO. The van der Waals surface area contributed by atoms with Crippen molar-refractivity contribution in [3.05, 3.63) is 108 Å². The molecule has 0 amide bonds. The van der Waals surface area contributed by atoms with Crippen LogP contribution in [-0.4, -0.2) is 24.3 Å². The smallest absolute Gasteiger partial charge is 0.0587 e. The minimum absolute atomic E-state index is 0.0876. The minimum Gasteiger partial charge on any atom is -0.395 e. The van der Waals surface area contributed by atoms with Gasteiger partial charge in [-0.25, -0.2) is 0 Å². The maximum atomic E-state index is 9.72. The van der Waals surface area contributed by atoms with E-state index < -0.39 is 0 Å². The van der Waals surface area contributed by atoms with Gasteiger partial charge < -0.3 is 10.4 Å². The summed E-state index contributed by atoms with van der Waals surface area (Å²) in [6.45, 7) is 1.02. The lowest BCUT2D eigenvalue weighted by molar-refractivity contribution is 0.241. The highest BCUT2D eigenvalue weighted by atomic mass is 16.3. The Balaban J connectivity index is 1.62. The second-order valence-corrected chi connectivity index (χ2v) is 6.69. The van der Waals surface area contributed by atoms with Crippen LogP contribution in [0.4, 0.5) is 0 Å². The number of hydrogen-bond donors (Lipinski definition) is 2. The molecule has 0 fully saturated rings. The molecule has 0 radical (unpaired) electrons. The summed E-state index contributed by atoms with van der Waals surface area (Å²) < 4.78 is 0. The molecule has 0 aliphatic carbocycles. The Bertz CT molecular complexity index is 703. The highest BCUT2D eigenvalue weighted by Crippen LogP contribution is 2.27. The molecule has 3 aromatic carbocycles. The average Bonchev–Trinajstić information content (AvgIpc) is 2.72. The van der Waals surface area contributed by atoms with E-state index in [0.717, 1.165) is 19.4 Å². The van der Waals surface area contributed by atoms with Crippen molar-refractivity contribution in [2.45, 2.75) is 24.8 Å². The lowest BCUT2D eigenvalue weighted by Crippen LogP contribution is -2.35. The standard InChI is InChI=1S/C24H27NO/c26-19-23(18-20-10-4-1-5-11-20)25-17-16-24(21-12-6-2-7-13-21)22-14-8-3-9-15-22/h1-15,23-26H,16-19H2. The summed E-state index contributed by atoms with van der Waals surface area (Å²) >= 11 is 0. The highest BCUT2D eigenvalue weighted by Gasteiger charge is 2.15. The zero-order valence-electron chi connectivity index (χ0n) is 15.1. The molecule has 2 nitrogen and oxygen atoms in total. The summed E-state index contributed by atoms with van der Waals surface area (Å²) in [5, 5.41) is 13.3. The Morgan fingerprint density at radius 2 is 1.19 bits per heavy atom. The molecule has 26 heavy (non-hydrogen) atoms. The first-order valence-electron chi connectivity index (χ1n) is 9.35. The van der Waals surface area contributed by atoms with Crippen molar-refractivity contribution in [1.29, 1.82) is 0 Å². The average molecular weight is 345 g/mol. The van der Waals surface area contributed by atoms with E-state index in [2.05, 4.69) is 78.1 Å². The van der Waals surface area contributed by atoms with Gasteiger partial charge in [-0.3, -0.25) is 0 Å². The first-order chi connectivity index (χ1) is 12.9. The van der Waals surface area contributed by atoms with Crippen LogP contribution in [0.3, 0.4) is 0 Å². The van der Waals surface area contributed by atoms with Crippen LogP contribution in [0.1, 0.15) is 29.0 Å². The van der Waals surface area contributed by atoms with Crippen LogP contribution < -0.4 is 5.32 Å². The number of aliphatic hydroxyl groups excluding tert-OH is 1. The van der Waals surface area contributed by atoms with Gasteiger partial charge in [0.05, 0.1) is 6.61 Å². The zero-order valence-corrected chi connectivity index (χ0v) is 15.1. The van der Waals surface area contributed by atoms with Crippen molar-refractivity contribution in [1.82, 2.24) is 5.32 Å². The topological polar surface area (TPSA) is 32.3 Å². The molecule has 1 unspecified atom stereocenters. The van der Waals surface area contributed by atoms with E-state index >= 15 is 0 Å². The van der Waals surface area contributed by atoms with E-state index in [1.54, 1.807) is 0 Å². The van der Waals surface area contributed by atoms with Gasteiger partial charge in [0.15, 0.2) is 0 Å². The van der Waals surface area contributed by atoms with E-state index in [-0.39, 0.29) is 12.6 Å². The summed E-state index contributed by atoms with van der Waals surface area (Å²) in [5.41, 5.74) is 3.93. The van der Waals surface area contributed by atoms with Crippen molar-refractivity contribution in [3.63, 3.8) is 0 Å². The maximum Gasteiger partial charge on any atom is 0.0587 e. The fourth-order valence-electron chi connectivity index (χ4n) is 3.43. The van der Waals surface area contributed by atoms with Crippen LogP contribution in [-0.2, 0) is 6.42 Å². The van der Waals surface area contributed by atoms with Gasteiger partial charge >= 0.3 is 0 Å². The quantitative estimate of drug-likeness (QED) is 0.602. The van der Waals surface area contributed by atoms with Gasteiger partial charge in [0.2, 0.25) is 0 Å². The molecular weight excluding hydrogens is 318 g/mol. The Hall–Kier alpha value is -2.42. The molecule has 134 valence electrons.